The molecule has 1 fully saturated rings. The molecule has 180 valence electrons. The average molecular weight is 487 g/mol. The molecule has 2 aliphatic heterocycles. The van der Waals surface area contributed by atoms with E-state index in [0.717, 1.165) is 5.56 Å². The number of primary amides is 1. The van der Waals surface area contributed by atoms with E-state index in [1.54, 1.807) is 24.3 Å². The second-order valence-electron chi connectivity index (χ2n) is 8.00. The summed E-state index contributed by atoms with van der Waals surface area (Å²) in [6.07, 6.45) is 2.85. The van der Waals surface area contributed by atoms with Crippen LogP contribution in [0.15, 0.2) is 41.2 Å². The van der Waals surface area contributed by atoms with E-state index in [2.05, 4.69) is 37.6 Å². The van der Waals surface area contributed by atoms with Crippen molar-refractivity contribution in [2.75, 3.05) is 13.7 Å². The van der Waals surface area contributed by atoms with Crippen LogP contribution in [0.2, 0.25) is 0 Å². The van der Waals surface area contributed by atoms with Crippen LogP contribution in [0.5, 0.6) is 5.75 Å². The number of urea groups is 1. The Labute approximate surface area is 203 Å². The Morgan fingerprint density at radius 2 is 2.11 bits per heavy atom. The third kappa shape index (κ3) is 3.96. The first-order valence-electron chi connectivity index (χ1n) is 10.5. The zero-order valence-electron chi connectivity index (χ0n) is 18.7. The fourth-order valence-corrected chi connectivity index (χ4v) is 3.86. The molecule has 13 heteroatoms. The fraction of sp³-hybridized carbons (Fsp3) is 0.174. The minimum atomic E-state index is -1.69. The van der Waals surface area contributed by atoms with Gasteiger partial charge < -0.3 is 25.2 Å². The Hall–Kier alpha value is -5.25. The minimum absolute atomic E-state index is 0.0671. The molecule has 5 rings (SSSR count). The summed E-state index contributed by atoms with van der Waals surface area (Å²) < 4.78 is 9.98. The van der Waals surface area contributed by atoms with Gasteiger partial charge in [0, 0.05) is 35.6 Å². The van der Waals surface area contributed by atoms with Crippen LogP contribution >= 0.6 is 0 Å². The van der Waals surface area contributed by atoms with Crippen LogP contribution in [-0.4, -0.2) is 63.0 Å². The van der Waals surface area contributed by atoms with Gasteiger partial charge in [0.15, 0.2) is 0 Å². The minimum Gasteiger partial charge on any atom is -0.497 e. The van der Waals surface area contributed by atoms with E-state index in [9.17, 15) is 19.2 Å². The number of carbonyl (C=O) groups excluding carboxylic acids is 4. The van der Waals surface area contributed by atoms with Crippen molar-refractivity contribution in [1.82, 2.24) is 30.7 Å². The highest BCUT2D eigenvalue weighted by molar-refractivity contribution is 6.10. The van der Waals surface area contributed by atoms with E-state index in [-0.39, 0.29) is 30.7 Å². The number of nitrogens with one attached hydrogen (secondary N) is 2. The van der Waals surface area contributed by atoms with E-state index in [0.29, 0.717) is 22.4 Å². The molecule has 0 unspecified atom stereocenters. The lowest BCUT2D eigenvalue weighted by atomic mass is 9.99. The molecule has 2 aromatic heterocycles. The van der Waals surface area contributed by atoms with Gasteiger partial charge in [-0.1, -0.05) is 23.1 Å². The molecule has 3 aromatic rings. The molecular weight excluding hydrogens is 470 g/mol. The van der Waals surface area contributed by atoms with Crippen LogP contribution in [0.1, 0.15) is 32.2 Å². The normalized spacial score (nSPS) is 18.2. The van der Waals surface area contributed by atoms with Crippen molar-refractivity contribution in [3.05, 3.63) is 59.2 Å². The maximum atomic E-state index is 13.0. The lowest BCUT2D eigenvalue weighted by molar-refractivity contribution is -0.122. The maximum absolute atomic E-state index is 13.0. The number of ether oxygens (including phenoxy) is 1. The Morgan fingerprint density at radius 3 is 2.81 bits per heavy atom. The molecule has 1 saturated heterocycles. The van der Waals surface area contributed by atoms with Gasteiger partial charge in [-0.25, -0.2) is 4.79 Å². The molecule has 4 heterocycles. The van der Waals surface area contributed by atoms with Crippen molar-refractivity contribution in [3.8, 4) is 29.0 Å². The number of methoxy groups -OCH3 is 1. The monoisotopic (exact) mass is 487 g/mol. The first kappa shape index (κ1) is 22.5. The number of pyridine rings is 1. The molecule has 0 saturated carbocycles. The van der Waals surface area contributed by atoms with E-state index in [4.69, 9.17) is 15.0 Å². The number of aromatic nitrogens is 3. The molecule has 0 radical (unpaired) electrons. The van der Waals surface area contributed by atoms with E-state index in [1.165, 1.54) is 24.4 Å². The number of hydrogen-bond acceptors (Lipinski definition) is 9. The largest absolute Gasteiger partial charge is 0.497 e. The second-order valence-corrected chi connectivity index (χ2v) is 8.00. The van der Waals surface area contributed by atoms with Crippen molar-refractivity contribution < 1.29 is 28.4 Å². The highest BCUT2D eigenvalue weighted by Crippen LogP contribution is 2.28. The first-order valence-corrected chi connectivity index (χ1v) is 10.5. The lowest BCUT2D eigenvalue weighted by Gasteiger charge is -2.26. The number of benzene rings is 1. The Kier molecular flexibility index (Phi) is 5.33. The Morgan fingerprint density at radius 1 is 1.28 bits per heavy atom. The van der Waals surface area contributed by atoms with Gasteiger partial charge in [0.1, 0.15) is 5.75 Å². The van der Waals surface area contributed by atoms with Crippen LogP contribution in [0, 0.1) is 11.8 Å². The molecule has 0 bridgehead atoms. The molecule has 2 aliphatic rings. The zero-order chi connectivity index (χ0) is 25.4. The number of nitrogens with two attached hydrogens (primary N) is 1. The predicted octanol–water partition coefficient (Wildman–Crippen LogP) is -0.175. The Balaban J connectivity index is 1.44. The summed E-state index contributed by atoms with van der Waals surface area (Å²) in [6, 6.07) is 5.98. The number of rotatable bonds is 5. The number of carbonyl (C=O) groups is 4. The van der Waals surface area contributed by atoms with Gasteiger partial charge >= 0.3 is 17.8 Å². The summed E-state index contributed by atoms with van der Waals surface area (Å²) in [6.45, 7) is 0.0507. The summed E-state index contributed by atoms with van der Waals surface area (Å²) in [5.41, 5.74) is 5.39. The summed E-state index contributed by atoms with van der Waals surface area (Å²) in [5, 5.41) is 8.41. The number of imide groups is 1. The van der Waals surface area contributed by atoms with Gasteiger partial charge in [-0.2, -0.15) is 4.98 Å². The van der Waals surface area contributed by atoms with E-state index >= 15 is 0 Å². The van der Waals surface area contributed by atoms with Crippen LogP contribution in [-0.2, 0) is 11.3 Å². The van der Waals surface area contributed by atoms with Gasteiger partial charge in [-0.15, -0.1) is 0 Å². The number of fused-ring (bicyclic) bond motifs is 1. The van der Waals surface area contributed by atoms with Crippen LogP contribution in [0.3, 0.4) is 0 Å². The van der Waals surface area contributed by atoms with E-state index < -0.39 is 23.4 Å². The van der Waals surface area contributed by atoms with Gasteiger partial charge in [-0.3, -0.25) is 24.7 Å². The number of amides is 5. The fourth-order valence-electron chi connectivity index (χ4n) is 3.86. The van der Waals surface area contributed by atoms with Crippen molar-refractivity contribution in [1.29, 1.82) is 0 Å². The average Bonchev–Trinajstić information content (AvgIpc) is 3.55. The Bertz CT molecular complexity index is 1500. The number of hydrogen-bond donors (Lipinski definition) is 3. The summed E-state index contributed by atoms with van der Waals surface area (Å²) >= 11 is 0. The standard InChI is InChI=1S/C23H17N7O6/c1-35-15-3-2-13-10-30(20(32)16(13)7-15)11-23(21(33)27-22(34)28-23)5-4-12-6-14(9-25-8-12)18-26-19(17(24)31)36-29-18/h2-3,6-9H,10-11H2,1H3,(H2,24,31)(H2,27,28,33,34)/t23-/m1/s1. The summed E-state index contributed by atoms with van der Waals surface area (Å²) in [7, 11) is 1.50. The van der Waals surface area contributed by atoms with Crippen molar-refractivity contribution in [2.24, 2.45) is 5.73 Å². The SMILES string of the molecule is COc1ccc2c(c1)C(=O)N(C[C@@]1(C#Cc3cncc(-c4noc(C(N)=O)n4)c3)NC(=O)NC1=O)C2. The van der Waals surface area contributed by atoms with Gasteiger partial charge in [0.05, 0.1) is 13.7 Å². The highest BCUT2D eigenvalue weighted by Gasteiger charge is 2.48. The molecule has 36 heavy (non-hydrogen) atoms. The molecule has 5 amide bonds. The van der Waals surface area contributed by atoms with Crippen LogP contribution in [0.4, 0.5) is 4.79 Å². The third-order valence-corrected chi connectivity index (χ3v) is 5.62. The number of nitrogens with zero attached hydrogens (tertiary/aromatic N) is 4. The van der Waals surface area contributed by atoms with Crippen molar-refractivity contribution in [3.63, 3.8) is 0 Å². The highest BCUT2D eigenvalue weighted by atomic mass is 16.5. The lowest BCUT2D eigenvalue weighted by Crippen LogP contribution is -2.54. The van der Waals surface area contributed by atoms with Crippen molar-refractivity contribution in [2.45, 2.75) is 12.1 Å². The van der Waals surface area contributed by atoms with Gasteiger partial charge in [-0.05, 0) is 23.8 Å². The summed E-state index contributed by atoms with van der Waals surface area (Å²) in [4.78, 5) is 58.5. The third-order valence-electron chi connectivity index (χ3n) is 5.62. The second kappa shape index (κ2) is 8.51. The first-order chi connectivity index (χ1) is 17.3. The van der Waals surface area contributed by atoms with Gasteiger partial charge in [0.25, 0.3) is 11.8 Å². The smallest absolute Gasteiger partial charge is 0.323 e. The molecule has 4 N–H and O–H groups in total. The van der Waals surface area contributed by atoms with Crippen LogP contribution in [0.25, 0.3) is 11.4 Å². The quantitative estimate of drug-likeness (QED) is 0.325. The summed E-state index contributed by atoms with van der Waals surface area (Å²) in [5.74, 6) is 3.98. The molecule has 1 aromatic carbocycles. The van der Waals surface area contributed by atoms with Gasteiger partial charge in [0.2, 0.25) is 11.4 Å². The van der Waals surface area contributed by atoms with E-state index in [1.807, 2.05) is 0 Å². The molecule has 13 nitrogen and oxygen atoms in total. The predicted molar refractivity (Wildman–Crippen MR) is 120 cm³/mol. The maximum Gasteiger partial charge on any atom is 0.323 e. The molecule has 1 atom stereocenters. The molecular formula is C23H17N7O6. The zero-order valence-corrected chi connectivity index (χ0v) is 18.7. The topological polar surface area (TPSA) is 183 Å². The van der Waals surface area contributed by atoms with Crippen molar-refractivity contribution >= 4 is 23.8 Å². The molecule has 0 spiro atoms. The van der Waals surface area contributed by atoms with Crippen LogP contribution < -0.4 is 21.1 Å². The molecule has 0 aliphatic carbocycles.